The lowest BCUT2D eigenvalue weighted by Gasteiger charge is -2.18. The molecule has 3 rings (SSSR count). The Morgan fingerprint density at radius 1 is 1.09 bits per heavy atom. The molecule has 2 aromatic carbocycles. The van der Waals surface area contributed by atoms with Gasteiger partial charge in [-0.3, -0.25) is 4.79 Å². The summed E-state index contributed by atoms with van der Waals surface area (Å²) in [6.45, 7) is 9.40. The summed E-state index contributed by atoms with van der Waals surface area (Å²) in [7, 11) is 3.07. The van der Waals surface area contributed by atoms with Crippen LogP contribution in [-0.4, -0.2) is 41.0 Å². The first kappa shape index (κ1) is 23.6. The van der Waals surface area contributed by atoms with Crippen LogP contribution in [0.3, 0.4) is 0 Å². The lowest BCUT2D eigenvalue weighted by atomic mass is 9.97. The number of aromatic carboxylic acids is 1. The van der Waals surface area contributed by atoms with Gasteiger partial charge in [-0.05, 0) is 54.8 Å². The second kappa shape index (κ2) is 9.60. The number of benzene rings is 2. The van der Waals surface area contributed by atoms with Crippen molar-refractivity contribution in [1.29, 1.82) is 0 Å². The zero-order valence-electron chi connectivity index (χ0n) is 19.3. The van der Waals surface area contributed by atoms with Gasteiger partial charge in [0.25, 0.3) is 5.91 Å². The van der Waals surface area contributed by atoms with E-state index in [1.54, 1.807) is 48.0 Å². The molecule has 0 unspecified atom stereocenters. The van der Waals surface area contributed by atoms with Gasteiger partial charge in [0, 0.05) is 11.3 Å². The summed E-state index contributed by atoms with van der Waals surface area (Å²) in [5, 5.41) is 16.7. The van der Waals surface area contributed by atoms with Crippen LogP contribution in [-0.2, 0) is 0 Å². The van der Waals surface area contributed by atoms with Gasteiger partial charge in [-0.2, -0.15) is 5.10 Å². The van der Waals surface area contributed by atoms with Gasteiger partial charge in [0.1, 0.15) is 11.5 Å². The van der Waals surface area contributed by atoms with Crippen molar-refractivity contribution in [2.24, 2.45) is 0 Å². The fourth-order valence-electron chi connectivity index (χ4n) is 3.57. The third-order valence-electron chi connectivity index (χ3n) is 5.08. The molecule has 0 radical (unpaired) electrons. The summed E-state index contributed by atoms with van der Waals surface area (Å²) >= 11 is 0. The Hall–Kier alpha value is -4.07. The average molecular weight is 450 g/mol. The van der Waals surface area contributed by atoms with E-state index in [0.29, 0.717) is 39.7 Å². The Labute approximate surface area is 192 Å². The minimum absolute atomic E-state index is 0.0162. The molecule has 172 valence electrons. The molecule has 0 aliphatic heterocycles. The molecule has 0 bridgehead atoms. The molecule has 1 aromatic heterocycles. The van der Waals surface area contributed by atoms with Crippen LogP contribution in [0.1, 0.15) is 53.1 Å². The van der Waals surface area contributed by atoms with E-state index in [9.17, 15) is 14.7 Å². The smallest absolute Gasteiger partial charge is 0.356 e. The molecule has 33 heavy (non-hydrogen) atoms. The van der Waals surface area contributed by atoms with Crippen molar-refractivity contribution in [3.63, 3.8) is 0 Å². The van der Waals surface area contributed by atoms with E-state index >= 15 is 0 Å². The van der Waals surface area contributed by atoms with Crippen LogP contribution in [0, 0.1) is 0 Å². The van der Waals surface area contributed by atoms with Gasteiger partial charge in [-0.1, -0.05) is 26.5 Å². The summed E-state index contributed by atoms with van der Waals surface area (Å²) in [4.78, 5) is 24.3. The van der Waals surface area contributed by atoms with Gasteiger partial charge in [0.2, 0.25) is 0 Å². The number of hydrogen-bond donors (Lipinski definition) is 2. The van der Waals surface area contributed by atoms with E-state index in [4.69, 9.17) is 9.47 Å². The van der Waals surface area contributed by atoms with Crippen molar-refractivity contribution in [3.8, 4) is 28.4 Å². The third-order valence-corrected chi connectivity index (χ3v) is 5.08. The number of methoxy groups -OCH3 is 2. The van der Waals surface area contributed by atoms with E-state index < -0.39 is 5.97 Å². The number of allylic oxidation sites excluding steroid dienone is 1. The maximum Gasteiger partial charge on any atom is 0.356 e. The number of hydrogen-bond acceptors (Lipinski definition) is 5. The van der Waals surface area contributed by atoms with Gasteiger partial charge in [-0.15, -0.1) is 0 Å². The van der Waals surface area contributed by atoms with E-state index in [1.165, 1.54) is 20.3 Å². The lowest BCUT2D eigenvalue weighted by molar-refractivity contribution is 0.0689. The number of nitrogens with zero attached hydrogens (tertiary/aromatic N) is 2. The highest BCUT2D eigenvalue weighted by Gasteiger charge is 2.24. The Morgan fingerprint density at radius 3 is 2.24 bits per heavy atom. The fourth-order valence-corrected chi connectivity index (χ4v) is 3.57. The van der Waals surface area contributed by atoms with Crippen molar-refractivity contribution >= 4 is 11.9 Å². The summed E-state index contributed by atoms with van der Waals surface area (Å²) in [5.41, 5.74) is 3.40. The summed E-state index contributed by atoms with van der Waals surface area (Å²) in [5.74, 6) is -0.392. The highest BCUT2D eigenvalue weighted by atomic mass is 16.5. The predicted octanol–water partition coefficient (Wildman–Crippen LogP) is 4.64. The zero-order valence-corrected chi connectivity index (χ0v) is 19.3. The number of aromatic nitrogens is 2. The topological polar surface area (TPSA) is 103 Å². The van der Waals surface area contributed by atoms with E-state index in [-0.39, 0.29) is 17.5 Å². The molecular formula is C25H27N3O5. The molecule has 1 amide bonds. The maximum absolute atomic E-state index is 12.5. The van der Waals surface area contributed by atoms with Gasteiger partial charge < -0.3 is 19.9 Å². The van der Waals surface area contributed by atoms with Gasteiger partial charge >= 0.3 is 5.97 Å². The largest absolute Gasteiger partial charge is 0.496 e. The van der Waals surface area contributed by atoms with Crippen molar-refractivity contribution in [1.82, 2.24) is 15.1 Å². The SMILES string of the molecule is C=C(C)NC(=O)c1ccc(-n2nc(C(=O)O)cc2-c2c(OC)cccc2OC)c(C(C)C)c1. The first-order chi connectivity index (χ1) is 15.7. The highest BCUT2D eigenvalue weighted by molar-refractivity contribution is 5.96. The molecule has 0 aliphatic rings. The Morgan fingerprint density at radius 2 is 1.73 bits per heavy atom. The monoisotopic (exact) mass is 449 g/mol. The molecule has 8 nitrogen and oxygen atoms in total. The standard InChI is InChI=1S/C25H27N3O5/c1-14(2)17-12-16(24(29)26-15(3)4)10-11-19(17)28-20(13-18(27-28)25(30)31)23-21(32-5)8-7-9-22(23)33-6/h7-14H,3H2,1-2,4-6H3,(H,26,29)(H,30,31). The second-order valence-corrected chi connectivity index (χ2v) is 7.83. The number of rotatable bonds is 8. The summed E-state index contributed by atoms with van der Waals surface area (Å²) in [6, 6.07) is 12.0. The molecule has 2 N–H and O–H groups in total. The Balaban J connectivity index is 2.29. The maximum atomic E-state index is 12.5. The molecule has 1 heterocycles. The van der Waals surface area contributed by atoms with Crippen molar-refractivity contribution in [3.05, 3.63) is 71.6 Å². The van der Waals surface area contributed by atoms with Crippen LogP contribution in [0.15, 0.2) is 54.7 Å². The lowest BCUT2D eigenvalue weighted by Crippen LogP contribution is -2.21. The van der Waals surface area contributed by atoms with Crippen LogP contribution in [0.4, 0.5) is 0 Å². The number of nitrogens with one attached hydrogen (secondary N) is 1. The van der Waals surface area contributed by atoms with Gasteiger partial charge in [-0.25, -0.2) is 9.48 Å². The van der Waals surface area contributed by atoms with Crippen molar-refractivity contribution in [2.75, 3.05) is 14.2 Å². The second-order valence-electron chi connectivity index (χ2n) is 7.83. The first-order valence-electron chi connectivity index (χ1n) is 10.3. The molecule has 0 atom stereocenters. The number of carboxylic acid groups (broad SMARTS) is 1. The molecule has 3 aromatic rings. The minimum Gasteiger partial charge on any atom is -0.496 e. The number of carboxylic acids is 1. The number of carbonyl (C=O) groups excluding carboxylic acids is 1. The van der Waals surface area contributed by atoms with Crippen LogP contribution >= 0.6 is 0 Å². The minimum atomic E-state index is -1.16. The fraction of sp³-hybridized carbons (Fsp3) is 0.240. The van der Waals surface area contributed by atoms with Crippen molar-refractivity contribution in [2.45, 2.75) is 26.7 Å². The average Bonchev–Trinajstić information content (AvgIpc) is 3.22. The highest BCUT2D eigenvalue weighted by Crippen LogP contribution is 2.40. The predicted molar refractivity (Wildman–Crippen MR) is 125 cm³/mol. The summed E-state index contributed by atoms with van der Waals surface area (Å²) in [6.07, 6.45) is 0. The van der Waals surface area contributed by atoms with E-state index in [1.807, 2.05) is 13.8 Å². The van der Waals surface area contributed by atoms with Crippen molar-refractivity contribution < 1.29 is 24.2 Å². The zero-order chi connectivity index (χ0) is 24.3. The van der Waals surface area contributed by atoms with Gasteiger partial charge in [0.15, 0.2) is 5.69 Å². The van der Waals surface area contributed by atoms with Gasteiger partial charge in [0.05, 0.1) is 31.2 Å². The van der Waals surface area contributed by atoms with E-state index in [2.05, 4.69) is 17.0 Å². The van der Waals surface area contributed by atoms with Crippen LogP contribution in [0.25, 0.3) is 16.9 Å². The Kier molecular flexibility index (Phi) is 6.86. The van der Waals surface area contributed by atoms with Crippen LogP contribution < -0.4 is 14.8 Å². The molecular weight excluding hydrogens is 422 g/mol. The number of ether oxygens (including phenoxy) is 2. The Bertz CT molecular complexity index is 1200. The normalized spacial score (nSPS) is 10.7. The van der Waals surface area contributed by atoms with Crippen LogP contribution in [0.2, 0.25) is 0 Å². The molecule has 0 saturated heterocycles. The van der Waals surface area contributed by atoms with E-state index in [0.717, 1.165) is 5.56 Å². The molecule has 0 saturated carbocycles. The molecule has 0 spiro atoms. The number of amides is 1. The third kappa shape index (κ3) is 4.74. The van der Waals surface area contributed by atoms with Crippen LogP contribution in [0.5, 0.6) is 11.5 Å². The molecule has 0 aliphatic carbocycles. The first-order valence-corrected chi connectivity index (χ1v) is 10.3. The molecule has 8 heteroatoms. The quantitative estimate of drug-likeness (QED) is 0.519. The summed E-state index contributed by atoms with van der Waals surface area (Å²) < 4.78 is 12.6. The number of carbonyl (C=O) groups is 2. The molecule has 0 fully saturated rings.